The van der Waals surface area contributed by atoms with Crippen molar-refractivity contribution >= 4 is 0 Å². The van der Waals surface area contributed by atoms with Gasteiger partial charge in [0.1, 0.15) is 5.75 Å². The van der Waals surface area contributed by atoms with E-state index >= 15 is 0 Å². The largest absolute Gasteiger partial charge is 0.497 e. The lowest BCUT2D eigenvalue weighted by Crippen LogP contribution is -2.23. The molecule has 0 spiro atoms. The van der Waals surface area contributed by atoms with Crippen molar-refractivity contribution in [2.45, 2.75) is 19.9 Å². The third-order valence-electron chi connectivity index (χ3n) is 2.54. The summed E-state index contributed by atoms with van der Waals surface area (Å²) < 4.78 is 5.17. The number of rotatable bonds is 5. The number of nitriles is 1. The standard InChI is InChI=1S/C13H18N2O/c1-10(8-14)9-15-11(2)12-5-4-6-13(7-12)16-3/h4-7,10-11,15H,9H2,1-3H3. The van der Waals surface area contributed by atoms with Gasteiger partial charge in [-0.15, -0.1) is 0 Å². The van der Waals surface area contributed by atoms with Crippen molar-refractivity contribution in [1.82, 2.24) is 5.32 Å². The lowest BCUT2D eigenvalue weighted by molar-refractivity contribution is 0.413. The molecule has 0 aliphatic heterocycles. The van der Waals surface area contributed by atoms with E-state index in [1.807, 2.05) is 25.1 Å². The minimum Gasteiger partial charge on any atom is -0.497 e. The summed E-state index contributed by atoms with van der Waals surface area (Å²) in [5.74, 6) is 0.896. The Labute approximate surface area is 97.0 Å². The van der Waals surface area contributed by atoms with E-state index in [1.54, 1.807) is 7.11 Å². The molecule has 0 aliphatic rings. The molecule has 3 nitrogen and oxygen atoms in total. The first kappa shape index (κ1) is 12.5. The molecule has 0 heterocycles. The van der Waals surface area contributed by atoms with Gasteiger partial charge >= 0.3 is 0 Å². The molecule has 0 saturated heterocycles. The maximum atomic E-state index is 8.69. The van der Waals surface area contributed by atoms with Crippen LogP contribution in [-0.2, 0) is 0 Å². The Morgan fingerprint density at radius 1 is 1.44 bits per heavy atom. The molecule has 2 atom stereocenters. The molecule has 0 saturated carbocycles. The van der Waals surface area contributed by atoms with Crippen LogP contribution in [0.3, 0.4) is 0 Å². The number of hydrogen-bond donors (Lipinski definition) is 1. The predicted octanol–water partition coefficient (Wildman–Crippen LogP) is 2.51. The number of hydrogen-bond acceptors (Lipinski definition) is 3. The quantitative estimate of drug-likeness (QED) is 0.826. The van der Waals surface area contributed by atoms with Crippen LogP contribution in [0.5, 0.6) is 5.75 Å². The Hall–Kier alpha value is -1.53. The van der Waals surface area contributed by atoms with Crippen LogP contribution in [0.2, 0.25) is 0 Å². The monoisotopic (exact) mass is 218 g/mol. The molecule has 1 N–H and O–H groups in total. The molecule has 0 bridgehead atoms. The van der Waals surface area contributed by atoms with Crippen LogP contribution in [0, 0.1) is 17.2 Å². The average Bonchev–Trinajstić information content (AvgIpc) is 2.35. The van der Waals surface area contributed by atoms with Gasteiger partial charge in [0.15, 0.2) is 0 Å². The summed E-state index contributed by atoms with van der Waals surface area (Å²) in [7, 11) is 1.66. The topological polar surface area (TPSA) is 45.0 Å². The molecule has 16 heavy (non-hydrogen) atoms. The van der Waals surface area contributed by atoms with Crippen molar-refractivity contribution < 1.29 is 4.74 Å². The van der Waals surface area contributed by atoms with Crippen LogP contribution in [0.1, 0.15) is 25.5 Å². The van der Waals surface area contributed by atoms with E-state index in [2.05, 4.69) is 24.4 Å². The van der Waals surface area contributed by atoms with Crippen LogP contribution in [0.15, 0.2) is 24.3 Å². The van der Waals surface area contributed by atoms with Crippen molar-refractivity contribution in [2.75, 3.05) is 13.7 Å². The predicted molar refractivity (Wildman–Crippen MR) is 64.2 cm³/mol. The molecule has 86 valence electrons. The minimum atomic E-state index is 0.0352. The summed E-state index contributed by atoms with van der Waals surface area (Å²) in [5, 5.41) is 12.0. The first-order valence-corrected chi connectivity index (χ1v) is 5.44. The van der Waals surface area contributed by atoms with Gasteiger partial charge in [0.25, 0.3) is 0 Å². The highest BCUT2D eigenvalue weighted by Gasteiger charge is 2.07. The first-order chi connectivity index (χ1) is 7.67. The van der Waals surface area contributed by atoms with E-state index in [0.29, 0.717) is 6.54 Å². The molecule has 0 amide bonds. The van der Waals surface area contributed by atoms with Gasteiger partial charge in [-0.25, -0.2) is 0 Å². The lowest BCUT2D eigenvalue weighted by Gasteiger charge is -2.15. The second kappa shape index (κ2) is 6.14. The van der Waals surface area contributed by atoms with Crippen LogP contribution in [0.4, 0.5) is 0 Å². The highest BCUT2D eigenvalue weighted by molar-refractivity contribution is 5.30. The summed E-state index contributed by atoms with van der Waals surface area (Å²) in [5.41, 5.74) is 1.17. The first-order valence-electron chi connectivity index (χ1n) is 5.44. The Balaban J connectivity index is 2.59. The smallest absolute Gasteiger partial charge is 0.119 e. The fourth-order valence-corrected chi connectivity index (χ4v) is 1.43. The highest BCUT2D eigenvalue weighted by atomic mass is 16.5. The maximum Gasteiger partial charge on any atom is 0.119 e. The van der Waals surface area contributed by atoms with Gasteiger partial charge in [-0.2, -0.15) is 5.26 Å². The van der Waals surface area contributed by atoms with E-state index in [1.165, 1.54) is 5.56 Å². The minimum absolute atomic E-state index is 0.0352. The molecule has 1 aromatic carbocycles. The van der Waals surface area contributed by atoms with Gasteiger partial charge < -0.3 is 10.1 Å². The van der Waals surface area contributed by atoms with Crippen molar-refractivity contribution in [3.05, 3.63) is 29.8 Å². The van der Waals surface area contributed by atoms with Gasteiger partial charge in [0.05, 0.1) is 19.1 Å². The summed E-state index contributed by atoms with van der Waals surface area (Å²) in [6.07, 6.45) is 0. The second-order valence-corrected chi connectivity index (χ2v) is 3.94. The van der Waals surface area contributed by atoms with E-state index in [-0.39, 0.29) is 12.0 Å². The molecule has 0 radical (unpaired) electrons. The third kappa shape index (κ3) is 3.56. The van der Waals surface area contributed by atoms with Gasteiger partial charge in [-0.3, -0.25) is 0 Å². The van der Waals surface area contributed by atoms with Gasteiger partial charge in [0, 0.05) is 12.6 Å². The molecule has 1 aromatic rings. The Bertz CT molecular complexity index is 370. The van der Waals surface area contributed by atoms with Gasteiger partial charge in [-0.1, -0.05) is 12.1 Å². The van der Waals surface area contributed by atoms with Gasteiger partial charge in [-0.05, 0) is 31.5 Å². The number of methoxy groups -OCH3 is 1. The van der Waals surface area contributed by atoms with E-state index in [4.69, 9.17) is 10.00 Å². The normalized spacial score (nSPS) is 13.9. The Kier molecular flexibility index (Phi) is 4.81. The molecule has 2 unspecified atom stereocenters. The van der Waals surface area contributed by atoms with E-state index < -0.39 is 0 Å². The Morgan fingerprint density at radius 2 is 2.19 bits per heavy atom. The third-order valence-corrected chi connectivity index (χ3v) is 2.54. The zero-order valence-electron chi connectivity index (χ0n) is 10.0. The molecule has 0 aliphatic carbocycles. The number of nitrogens with one attached hydrogen (secondary N) is 1. The Morgan fingerprint density at radius 3 is 2.81 bits per heavy atom. The molecule has 0 fully saturated rings. The van der Waals surface area contributed by atoms with Crippen LogP contribution < -0.4 is 10.1 Å². The molecular weight excluding hydrogens is 200 g/mol. The highest BCUT2D eigenvalue weighted by Crippen LogP contribution is 2.18. The molecule has 3 heteroatoms. The fourth-order valence-electron chi connectivity index (χ4n) is 1.43. The van der Waals surface area contributed by atoms with Crippen molar-refractivity contribution in [3.8, 4) is 11.8 Å². The van der Waals surface area contributed by atoms with Crippen molar-refractivity contribution in [2.24, 2.45) is 5.92 Å². The number of nitrogens with zero attached hydrogens (tertiary/aromatic N) is 1. The SMILES string of the molecule is COc1cccc(C(C)NCC(C)C#N)c1. The summed E-state index contributed by atoms with van der Waals surface area (Å²) >= 11 is 0. The van der Waals surface area contributed by atoms with E-state index in [9.17, 15) is 0 Å². The lowest BCUT2D eigenvalue weighted by atomic mass is 10.1. The fraction of sp³-hybridized carbons (Fsp3) is 0.462. The summed E-state index contributed by atoms with van der Waals surface area (Å²) in [6.45, 7) is 4.69. The molecule has 0 aromatic heterocycles. The average molecular weight is 218 g/mol. The zero-order chi connectivity index (χ0) is 12.0. The van der Waals surface area contributed by atoms with Crippen LogP contribution in [-0.4, -0.2) is 13.7 Å². The van der Waals surface area contributed by atoms with Crippen molar-refractivity contribution in [3.63, 3.8) is 0 Å². The summed E-state index contributed by atoms with van der Waals surface area (Å²) in [6, 6.07) is 10.4. The maximum absolute atomic E-state index is 8.69. The second-order valence-electron chi connectivity index (χ2n) is 3.94. The van der Waals surface area contributed by atoms with E-state index in [0.717, 1.165) is 5.75 Å². The number of ether oxygens (including phenoxy) is 1. The zero-order valence-corrected chi connectivity index (χ0v) is 10.0. The van der Waals surface area contributed by atoms with Crippen LogP contribution >= 0.6 is 0 Å². The van der Waals surface area contributed by atoms with Gasteiger partial charge in [0.2, 0.25) is 0 Å². The number of benzene rings is 1. The van der Waals surface area contributed by atoms with Crippen molar-refractivity contribution in [1.29, 1.82) is 5.26 Å². The van der Waals surface area contributed by atoms with Crippen LogP contribution in [0.25, 0.3) is 0 Å². The molecule has 1 rings (SSSR count). The molecular formula is C13H18N2O. The summed E-state index contributed by atoms with van der Waals surface area (Å²) in [4.78, 5) is 0.